The van der Waals surface area contributed by atoms with Crippen molar-refractivity contribution in [3.63, 3.8) is 0 Å². The number of amides is 1. The summed E-state index contributed by atoms with van der Waals surface area (Å²) in [4.78, 5) is 18.0. The van der Waals surface area contributed by atoms with Crippen molar-refractivity contribution in [3.8, 4) is 17.2 Å². The zero-order chi connectivity index (χ0) is 16.8. The van der Waals surface area contributed by atoms with Crippen molar-refractivity contribution in [3.05, 3.63) is 47.8 Å². The minimum atomic E-state index is -0.105. The molecule has 0 aliphatic heterocycles. The molecule has 0 N–H and O–H groups in total. The minimum absolute atomic E-state index is 0.105. The number of rotatable bonds is 6. The van der Waals surface area contributed by atoms with Gasteiger partial charge >= 0.3 is 0 Å². The van der Waals surface area contributed by atoms with Gasteiger partial charge in [0.15, 0.2) is 11.5 Å². The quantitative estimate of drug-likeness (QED) is 0.819. The zero-order valence-electron chi connectivity index (χ0n) is 13.7. The van der Waals surface area contributed by atoms with E-state index >= 15 is 0 Å². The summed E-state index contributed by atoms with van der Waals surface area (Å²) >= 11 is 0. The Balaban J connectivity index is 2.24. The molecular formula is C17H20N2O4. The molecule has 122 valence electrons. The number of methoxy groups -OCH3 is 3. The first kappa shape index (κ1) is 16.6. The summed E-state index contributed by atoms with van der Waals surface area (Å²) in [6.07, 6.45) is 3.18. The molecule has 0 aliphatic rings. The molecule has 0 fully saturated rings. The van der Waals surface area contributed by atoms with Crippen LogP contribution >= 0.6 is 0 Å². The minimum Gasteiger partial charge on any atom is -0.493 e. The maximum absolute atomic E-state index is 12.4. The lowest BCUT2D eigenvalue weighted by Crippen LogP contribution is -2.26. The maximum atomic E-state index is 12.4. The third-order valence-electron chi connectivity index (χ3n) is 3.40. The molecule has 6 heteroatoms. The molecule has 23 heavy (non-hydrogen) atoms. The second-order valence-corrected chi connectivity index (χ2v) is 4.94. The summed E-state index contributed by atoms with van der Waals surface area (Å²) in [5.74, 6) is 1.54. The first-order chi connectivity index (χ1) is 11.1. The molecule has 0 spiro atoms. The average molecular weight is 316 g/mol. The Hall–Kier alpha value is -2.76. The SMILES string of the molecule is COc1cc(CN(C)C(=O)c2cccnc2)cc(OC)c1OC. The fourth-order valence-corrected chi connectivity index (χ4v) is 2.28. The van der Waals surface area contributed by atoms with Gasteiger partial charge in [-0.05, 0) is 29.8 Å². The molecule has 1 aromatic carbocycles. The van der Waals surface area contributed by atoms with E-state index in [-0.39, 0.29) is 5.91 Å². The molecule has 2 rings (SSSR count). The number of aromatic nitrogens is 1. The second kappa shape index (κ2) is 7.49. The van der Waals surface area contributed by atoms with Crippen molar-refractivity contribution in [1.82, 2.24) is 9.88 Å². The fraction of sp³-hybridized carbons (Fsp3) is 0.294. The molecule has 1 amide bonds. The number of carbonyl (C=O) groups is 1. The summed E-state index contributed by atoms with van der Waals surface area (Å²) in [5, 5.41) is 0. The molecule has 0 saturated carbocycles. The largest absolute Gasteiger partial charge is 0.493 e. The van der Waals surface area contributed by atoms with E-state index in [1.165, 1.54) is 0 Å². The fourth-order valence-electron chi connectivity index (χ4n) is 2.28. The van der Waals surface area contributed by atoms with Crippen LogP contribution in [0.3, 0.4) is 0 Å². The summed E-state index contributed by atoms with van der Waals surface area (Å²) < 4.78 is 16.0. The smallest absolute Gasteiger partial charge is 0.255 e. The molecular weight excluding hydrogens is 296 g/mol. The highest BCUT2D eigenvalue weighted by molar-refractivity contribution is 5.93. The van der Waals surface area contributed by atoms with Crippen LogP contribution in [0, 0.1) is 0 Å². The topological polar surface area (TPSA) is 60.9 Å². The van der Waals surface area contributed by atoms with Gasteiger partial charge in [0.25, 0.3) is 5.91 Å². The number of ether oxygens (including phenoxy) is 3. The van der Waals surface area contributed by atoms with Gasteiger partial charge in [0, 0.05) is 26.0 Å². The van der Waals surface area contributed by atoms with E-state index in [0.717, 1.165) is 5.56 Å². The molecule has 0 saturated heterocycles. The van der Waals surface area contributed by atoms with Crippen molar-refractivity contribution in [2.75, 3.05) is 28.4 Å². The first-order valence-electron chi connectivity index (χ1n) is 7.05. The molecule has 0 atom stereocenters. The number of carbonyl (C=O) groups excluding carboxylic acids is 1. The van der Waals surface area contributed by atoms with Crippen LogP contribution in [0.5, 0.6) is 17.2 Å². The van der Waals surface area contributed by atoms with Gasteiger partial charge in [-0.15, -0.1) is 0 Å². The van der Waals surface area contributed by atoms with E-state index < -0.39 is 0 Å². The predicted molar refractivity (Wildman–Crippen MR) is 86.1 cm³/mol. The van der Waals surface area contributed by atoms with Gasteiger partial charge in [-0.3, -0.25) is 9.78 Å². The molecule has 0 unspecified atom stereocenters. The van der Waals surface area contributed by atoms with Crippen molar-refractivity contribution in [1.29, 1.82) is 0 Å². The van der Waals surface area contributed by atoms with Gasteiger partial charge in [0.1, 0.15) is 0 Å². The number of hydrogen-bond acceptors (Lipinski definition) is 5. The average Bonchev–Trinajstić information content (AvgIpc) is 2.60. The van der Waals surface area contributed by atoms with Crippen molar-refractivity contribution >= 4 is 5.91 Å². The highest BCUT2D eigenvalue weighted by atomic mass is 16.5. The predicted octanol–water partition coefficient (Wildman–Crippen LogP) is 2.38. The van der Waals surface area contributed by atoms with Gasteiger partial charge in [-0.1, -0.05) is 0 Å². The second-order valence-electron chi connectivity index (χ2n) is 4.94. The van der Waals surface area contributed by atoms with Crippen molar-refractivity contribution in [2.24, 2.45) is 0 Å². The normalized spacial score (nSPS) is 10.1. The van der Waals surface area contributed by atoms with Crippen LogP contribution in [0.4, 0.5) is 0 Å². The maximum Gasteiger partial charge on any atom is 0.255 e. The van der Waals surface area contributed by atoms with E-state index in [4.69, 9.17) is 14.2 Å². The number of hydrogen-bond donors (Lipinski definition) is 0. The van der Waals surface area contributed by atoms with Gasteiger partial charge in [0.05, 0.1) is 26.9 Å². The molecule has 2 aromatic rings. The Kier molecular flexibility index (Phi) is 5.41. The van der Waals surface area contributed by atoms with Crippen LogP contribution in [0.1, 0.15) is 15.9 Å². The monoisotopic (exact) mass is 316 g/mol. The van der Waals surface area contributed by atoms with Crippen LogP contribution in [-0.4, -0.2) is 44.2 Å². The summed E-state index contributed by atoms with van der Waals surface area (Å²) in [5.41, 5.74) is 1.42. The molecule has 0 bridgehead atoms. The standard InChI is InChI=1S/C17H20N2O4/c1-19(17(20)13-6-5-7-18-10-13)11-12-8-14(21-2)16(23-4)15(9-12)22-3/h5-10H,11H2,1-4H3. The first-order valence-corrected chi connectivity index (χ1v) is 7.05. The Morgan fingerprint density at radius 3 is 2.26 bits per heavy atom. The summed E-state index contributed by atoms with van der Waals surface area (Å²) in [6.45, 7) is 0.407. The van der Waals surface area contributed by atoms with Crippen LogP contribution in [0.15, 0.2) is 36.7 Å². The van der Waals surface area contributed by atoms with Crippen LogP contribution < -0.4 is 14.2 Å². The van der Waals surface area contributed by atoms with Gasteiger partial charge in [0.2, 0.25) is 5.75 Å². The lowest BCUT2D eigenvalue weighted by atomic mass is 10.1. The highest BCUT2D eigenvalue weighted by Crippen LogP contribution is 2.38. The third-order valence-corrected chi connectivity index (χ3v) is 3.40. The van der Waals surface area contributed by atoms with Crippen LogP contribution in [0.2, 0.25) is 0 Å². The Labute approximate surface area is 135 Å². The van der Waals surface area contributed by atoms with E-state index in [1.54, 1.807) is 57.8 Å². The molecule has 0 radical (unpaired) electrons. The van der Waals surface area contributed by atoms with E-state index in [2.05, 4.69) is 4.98 Å². The number of benzene rings is 1. The summed E-state index contributed by atoms with van der Waals surface area (Å²) in [7, 11) is 6.41. The Bertz CT molecular complexity index is 649. The van der Waals surface area contributed by atoms with E-state index in [1.807, 2.05) is 12.1 Å². The number of nitrogens with zero attached hydrogens (tertiary/aromatic N) is 2. The molecule has 1 heterocycles. The van der Waals surface area contributed by atoms with Crippen LogP contribution in [0.25, 0.3) is 0 Å². The lowest BCUT2D eigenvalue weighted by molar-refractivity contribution is 0.0784. The zero-order valence-corrected chi connectivity index (χ0v) is 13.7. The van der Waals surface area contributed by atoms with Crippen LogP contribution in [-0.2, 0) is 6.54 Å². The Morgan fingerprint density at radius 2 is 1.78 bits per heavy atom. The highest BCUT2D eigenvalue weighted by Gasteiger charge is 2.16. The lowest BCUT2D eigenvalue weighted by Gasteiger charge is -2.19. The molecule has 0 aliphatic carbocycles. The van der Waals surface area contributed by atoms with Gasteiger partial charge < -0.3 is 19.1 Å². The van der Waals surface area contributed by atoms with Gasteiger partial charge in [-0.25, -0.2) is 0 Å². The third kappa shape index (κ3) is 3.71. The van der Waals surface area contributed by atoms with E-state index in [9.17, 15) is 4.79 Å². The van der Waals surface area contributed by atoms with Gasteiger partial charge in [-0.2, -0.15) is 0 Å². The molecule has 6 nitrogen and oxygen atoms in total. The van der Waals surface area contributed by atoms with Crippen molar-refractivity contribution in [2.45, 2.75) is 6.54 Å². The summed E-state index contributed by atoms with van der Waals surface area (Å²) in [6, 6.07) is 7.13. The number of pyridine rings is 1. The van der Waals surface area contributed by atoms with Crippen molar-refractivity contribution < 1.29 is 19.0 Å². The molecule has 1 aromatic heterocycles. The van der Waals surface area contributed by atoms with E-state index in [0.29, 0.717) is 29.4 Å². The Morgan fingerprint density at radius 1 is 1.13 bits per heavy atom.